The number of hydrogen-bond donors (Lipinski definition) is 2. The Bertz CT molecular complexity index is 1870. The van der Waals surface area contributed by atoms with Gasteiger partial charge in [0, 0.05) is 60.7 Å². The summed E-state index contributed by atoms with van der Waals surface area (Å²) < 4.78 is 58.1. The molecule has 0 spiro atoms. The molecule has 3 N–H and O–H groups in total. The van der Waals surface area contributed by atoms with E-state index in [2.05, 4.69) is 15.1 Å². The SMILES string of the molecule is COc1nc2c(N3CC4CCC(C3)N4)nc(OC[C@@]34CCCN3C[C@H](F)C4)nc2cc1-c1c(F)cc(F)c2sc(N)c(C3CC3)c12. The highest BCUT2D eigenvalue weighted by atomic mass is 32.1. The van der Waals surface area contributed by atoms with E-state index in [4.69, 9.17) is 30.2 Å². The lowest BCUT2D eigenvalue weighted by molar-refractivity contribution is 0.107. The van der Waals surface area contributed by atoms with Crippen LogP contribution in [0.3, 0.4) is 0 Å². The zero-order valence-corrected chi connectivity index (χ0v) is 26.4. The van der Waals surface area contributed by atoms with Gasteiger partial charge in [-0.15, -0.1) is 11.3 Å². The molecule has 4 saturated heterocycles. The van der Waals surface area contributed by atoms with E-state index in [1.165, 1.54) is 7.11 Å². The van der Waals surface area contributed by atoms with Crippen molar-refractivity contribution in [3.8, 4) is 23.0 Å². The monoisotopic (exact) mass is 651 g/mol. The van der Waals surface area contributed by atoms with E-state index in [9.17, 15) is 4.39 Å². The van der Waals surface area contributed by atoms with Crippen molar-refractivity contribution in [2.45, 2.75) is 74.7 Å². The molecule has 5 aliphatic rings. The molecule has 4 atom stereocenters. The number of ether oxygens (including phenoxy) is 2. The predicted molar refractivity (Wildman–Crippen MR) is 172 cm³/mol. The van der Waals surface area contributed by atoms with Crippen LogP contribution in [-0.4, -0.2) is 83.5 Å². The molecule has 13 heteroatoms. The van der Waals surface area contributed by atoms with Gasteiger partial charge in [0.05, 0.1) is 27.9 Å². The van der Waals surface area contributed by atoms with Gasteiger partial charge < -0.3 is 25.4 Å². The lowest BCUT2D eigenvalue weighted by atomic mass is 9.95. The Morgan fingerprint density at radius 2 is 1.87 bits per heavy atom. The van der Waals surface area contributed by atoms with E-state index >= 15 is 8.78 Å². The van der Waals surface area contributed by atoms with Crippen LogP contribution >= 0.6 is 11.3 Å². The number of rotatable bonds is 7. The van der Waals surface area contributed by atoms with Crippen LogP contribution in [0.25, 0.3) is 32.2 Å². The minimum atomic E-state index is -0.873. The smallest absolute Gasteiger partial charge is 0.319 e. The Morgan fingerprint density at radius 1 is 1.07 bits per heavy atom. The van der Waals surface area contributed by atoms with E-state index < -0.39 is 17.8 Å². The van der Waals surface area contributed by atoms with Crippen LogP contribution in [0.4, 0.5) is 24.0 Å². The number of nitrogens with zero attached hydrogens (tertiary/aromatic N) is 5. The van der Waals surface area contributed by atoms with Gasteiger partial charge in [-0.25, -0.2) is 18.2 Å². The number of nitrogens with two attached hydrogens (primary N) is 1. The predicted octanol–water partition coefficient (Wildman–Crippen LogP) is 5.55. The average molecular weight is 652 g/mol. The fraction of sp³-hybridized carbons (Fsp3) is 0.545. The zero-order chi connectivity index (χ0) is 31.3. The molecular weight excluding hydrogens is 615 g/mol. The number of thiophene rings is 1. The number of alkyl halides is 1. The summed E-state index contributed by atoms with van der Waals surface area (Å²) in [7, 11) is 1.50. The van der Waals surface area contributed by atoms with E-state index in [0.29, 0.717) is 62.6 Å². The highest BCUT2D eigenvalue weighted by molar-refractivity contribution is 7.23. The molecule has 4 aromatic rings. The molecule has 242 valence electrons. The number of anilines is 2. The maximum atomic E-state index is 16.0. The first kappa shape index (κ1) is 28.8. The van der Waals surface area contributed by atoms with E-state index in [1.54, 1.807) is 6.07 Å². The van der Waals surface area contributed by atoms with Gasteiger partial charge in [-0.1, -0.05) is 0 Å². The summed E-state index contributed by atoms with van der Waals surface area (Å²) in [5, 5.41) is 4.65. The summed E-state index contributed by atoms with van der Waals surface area (Å²) in [6.45, 7) is 3.07. The number of nitrogens with one attached hydrogen (secondary N) is 1. The third-order valence-corrected chi connectivity index (χ3v) is 11.8. The van der Waals surface area contributed by atoms with Gasteiger partial charge in [0.15, 0.2) is 5.82 Å². The van der Waals surface area contributed by atoms with Gasteiger partial charge in [-0.2, -0.15) is 9.97 Å². The number of aromatic nitrogens is 3. The van der Waals surface area contributed by atoms with Gasteiger partial charge >= 0.3 is 6.01 Å². The van der Waals surface area contributed by atoms with Crippen LogP contribution in [-0.2, 0) is 0 Å². The Hall–Kier alpha value is -3.42. The standard InChI is InChI=1S/C33H36F3N7O2S/c1-44-31-20(25-21(35)10-22(36)28-26(25)24(16-3-4-16)29(37)46-28)9-23-27(40-31)30(42-13-18-5-6-19(14-42)38-18)41-32(39-23)45-15-33-7-2-8-43(33)12-17(34)11-33/h9-10,16-19,38H,2-8,11-15,37H2,1H3/t17-,18?,19?,33+/m1/s1. The third kappa shape index (κ3) is 4.52. The van der Waals surface area contributed by atoms with E-state index in [-0.39, 0.29) is 35.5 Å². The number of benzene rings is 1. The van der Waals surface area contributed by atoms with Crippen LogP contribution in [0.2, 0.25) is 0 Å². The van der Waals surface area contributed by atoms with Crippen molar-refractivity contribution in [1.29, 1.82) is 0 Å². The molecule has 0 amide bonds. The quantitative estimate of drug-likeness (QED) is 0.267. The van der Waals surface area contributed by atoms with Gasteiger partial charge in [-0.3, -0.25) is 4.90 Å². The molecule has 46 heavy (non-hydrogen) atoms. The Kier molecular flexibility index (Phi) is 6.60. The molecule has 0 radical (unpaired) electrons. The normalized spacial score (nSPS) is 27.7. The second kappa shape index (κ2) is 10.5. The minimum absolute atomic E-state index is 0.166. The topological polar surface area (TPSA) is 102 Å². The molecule has 2 unspecified atom stereocenters. The molecule has 2 bridgehead atoms. The van der Waals surface area contributed by atoms with Crippen LogP contribution in [0, 0.1) is 11.6 Å². The molecule has 1 saturated carbocycles. The molecule has 5 fully saturated rings. The summed E-state index contributed by atoms with van der Waals surface area (Å²) in [5.41, 5.74) is 8.39. The number of piperazine rings is 1. The number of halogens is 3. The number of nitrogen functional groups attached to an aromatic ring is 1. The molecule has 9 rings (SSSR count). The van der Waals surface area contributed by atoms with Gasteiger partial charge in [0.25, 0.3) is 0 Å². The fourth-order valence-corrected chi connectivity index (χ4v) is 9.60. The van der Waals surface area contributed by atoms with Gasteiger partial charge in [-0.05, 0) is 62.6 Å². The highest BCUT2D eigenvalue weighted by Crippen LogP contribution is 2.53. The summed E-state index contributed by atoms with van der Waals surface area (Å²) in [6, 6.07) is 3.52. The largest absolute Gasteiger partial charge is 0.481 e. The van der Waals surface area contributed by atoms with Crippen molar-refractivity contribution >= 4 is 43.3 Å². The average Bonchev–Trinajstić information content (AvgIpc) is 3.42. The molecule has 7 heterocycles. The highest BCUT2D eigenvalue weighted by Gasteiger charge is 2.49. The second-order valence-corrected chi connectivity index (χ2v) is 14.8. The van der Waals surface area contributed by atoms with Crippen molar-refractivity contribution in [3.63, 3.8) is 0 Å². The van der Waals surface area contributed by atoms with E-state index in [1.807, 2.05) is 0 Å². The van der Waals surface area contributed by atoms with Crippen LogP contribution in [0.1, 0.15) is 56.4 Å². The van der Waals surface area contributed by atoms with Crippen molar-refractivity contribution in [1.82, 2.24) is 25.2 Å². The molecule has 3 aromatic heterocycles. The van der Waals surface area contributed by atoms with Crippen molar-refractivity contribution in [2.75, 3.05) is 50.5 Å². The fourth-order valence-electron chi connectivity index (χ4n) is 8.53. The molecule has 4 aliphatic heterocycles. The first-order chi connectivity index (χ1) is 22.3. The van der Waals surface area contributed by atoms with E-state index in [0.717, 1.165) is 81.1 Å². The number of fused-ring (bicyclic) bond motifs is 5. The van der Waals surface area contributed by atoms with Crippen LogP contribution in [0.15, 0.2) is 12.1 Å². The summed E-state index contributed by atoms with van der Waals surface area (Å²) in [6.07, 6.45) is 5.45. The third-order valence-electron chi connectivity index (χ3n) is 10.7. The first-order valence-corrected chi connectivity index (χ1v) is 17.1. The molecule has 9 nitrogen and oxygen atoms in total. The zero-order valence-electron chi connectivity index (χ0n) is 25.6. The summed E-state index contributed by atoms with van der Waals surface area (Å²) in [5.74, 6) is -0.357. The Labute approximate surface area is 268 Å². The van der Waals surface area contributed by atoms with Crippen molar-refractivity contribution < 1.29 is 22.6 Å². The van der Waals surface area contributed by atoms with Gasteiger partial charge in [0.2, 0.25) is 5.88 Å². The maximum absolute atomic E-state index is 16.0. The van der Waals surface area contributed by atoms with Crippen molar-refractivity contribution in [3.05, 3.63) is 29.3 Å². The Morgan fingerprint density at radius 3 is 2.63 bits per heavy atom. The molecular formula is C33H36F3N7O2S. The maximum Gasteiger partial charge on any atom is 0.319 e. The number of pyridine rings is 1. The number of methoxy groups -OCH3 is 1. The first-order valence-electron chi connectivity index (χ1n) is 16.3. The Balaban J connectivity index is 1.21. The van der Waals surface area contributed by atoms with Gasteiger partial charge in [0.1, 0.15) is 29.9 Å². The minimum Gasteiger partial charge on any atom is -0.481 e. The molecule has 1 aliphatic carbocycles. The second-order valence-electron chi connectivity index (χ2n) is 13.7. The van der Waals surface area contributed by atoms with Crippen LogP contribution < -0.4 is 25.4 Å². The lowest BCUT2D eigenvalue weighted by Gasteiger charge is -2.34. The van der Waals surface area contributed by atoms with Crippen LogP contribution in [0.5, 0.6) is 11.9 Å². The number of hydrogen-bond acceptors (Lipinski definition) is 10. The summed E-state index contributed by atoms with van der Waals surface area (Å²) in [4.78, 5) is 19.1. The lowest BCUT2D eigenvalue weighted by Crippen LogP contribution is -2.51. The van der Waals surface area contributed by atoms with Crippen molar-refractivity contribution in [2.24, 2.45) is 0 Å². The summed E-state index contributed by atoms with van der Waals surface area (Å²) >= 11 is 1.15. The molecule has 1 aromatic carbocycles.